The van der Waals surface area contributed by atoms with Crippen LogP contribution in [0.25, 0.3) is 11.3 Å². The number of benzene rings is 2. The highest BCUT2D eigenvalue weighted by Crippen LogP contribution is 2.24. The summed E-state index contributed by atoms with van der Waals surface area (Å²) >= 11 is 0. The first-order valence-corrected chi connectivity index (χ1v) is 12.3. The zero-order valence-electron chi connectivity index (χ0n) is 21.1. The number of nitrogens with zero attached hydrogens (tertiary/aromatic N) is 3. The largest absolute Gasteiger partial charge is 0.394 e. The number of nitrogens with one attached hydrogen (secondary N) is 4. The van der Waals surface area contributed by atoms with Crippen molar-refractivity contribution in [3.8, 4) is 11.3 Å². The number of rotatable bonds is 3. The van der Waals surface area contributed by atoms with Crippen LogP contribution in [0.4, 0.5) is 17.3 Å². The molecule has 0 saturated carbocycles. The summed E-state index contributed by atoms with van der Waals surface area (Å²) in [6.07, 6.45) is 1.75. The molecule has 9 nitrogen and oxygen atoms in total. The van der Waals surface area contributed by atoms with Gasteiger partial charge in [0.25, 0.3) is 0 Å². The molecule has 36 heavy (non-hydrogen) atoms. The minimum absolute atomic E-state index is 0.218. The van der Waals surface area contributed by atoms with Gasteiger partial charge in [0, 0.05) is 55.4 Å². The van der Waals surface area contributed by atoms with E-state index in [1.165, 1.54) is 5.56 Å². The number of aromatic nitrogens is 2. The van der Waals surface area contributed by atoms with Crippen LogP contribution in [0.15, 0.2) is 54.7 Å². The Morgan fingerprint density at radius 3 is 2.69 bits per heavy atom. The first-order chi connectivity index (χ1) is 17.4. The van der Waals surface area contributed by atoms with Crippen molar-refractivity contribution in [1.29, 1.82) is 0 Å². The molecule has 5 rings (SSSR count). The Morgan fingerprint density at radius 1 is 1.14 bits per heavy atom. The zero-order chi connectivity index (χ0) is 25.5. The van der Waals surface area contributed by atoms with E-state index in [0.29, 0.717) is 25.6 Å². The number of likely N-dealkylation sites (N-methyl/N-ethyl adjacent to an activating group) is 1. The maximum absolute atomic E-state index is 12.7. The molecule has 6 bridgehead atoms. The second-order valence-electron chi connectivity index (χ2n) is 9.45. The van der Waals surface area contributed by atoms with Crippen molar-refractivity contribution in [3.63, 3.8) is 0 Å². The third-order valence-electron chi connectivity index (χ3n) is 5.91. The first kappa shape index (κ1) is 25.6. The predicted octanol–water partition coefficient (Wildman–Crippen LogP) is 2.72. The van der Waals surface area contributed by atoms with E-state index < -0.39 is 6.04 Å². The zero-order valence-corrected chi connectivity index (χ0v) is 21.1. The van der Waals surface area contributed by atoms with Gasteiger partial charge >= 0.3 is 0 Å². The molecular formula is C27H35N7O2. The van der Waals surface area contributed by atoms with Gasteiger partial charge in [-0.2, -0.15) is 0 Å². The van der Waals surface area contributed by atoms with Crippen LogP contribution in [-0.2, 0) is 17.9 Å². The van der Waals surface area contributed by atoms with Crippen LogP contribution >= 0.6 is 0 Å². The molecule has 3 aromatic rings. The van der Waals surface area contributed by atoms with E-state index in [4.69, 9.17) is 4.98 Å². The minimum atomic E-state index is -0.702. The highest BCUT2D eigenvalue weighted by molar-refractivity contribution is 5.81. The van der Waals surface area contributed by atoms with Gasteiger partial charge in [0.05, 0.1) is 12.3 Å². The summed E-state index contributed by atoms with van der Waals surface area (Å²) in [5.41, 5.74) is 5.75. The monoisotopic (exact) mass is 489 g/mol. The van der Waals surface area contributed by atoms with Crippen LogP contribution in [0.1, 0.15) is 25.0 Å². The van der Waals surface area contributed by atoms with Gasteiger partial charge in [-0.25, -0.2) is 9.97 Å². The number of carbonyl (C=O) groups excluding carboxylic acids is 1. The summed E-state index contributed by atoms with van der Waals surface area (Å²) in [6, 6.07) is 15.8. The van der Waals surface area contributed by atoms with Crippen molar-refractivity contribution in [3.05, 3.63) is 65.9 Å². The normalized spacial score (nSPS) is 17.4. The van der Waals surface area contributed by atoms with Gasteiger partial charge in [-0.1, -0.05) is 24.3 Å². The molecular weight excluding hydrogens is 454 g/mol. The van der Waals surface area contributed by atoms with Crippen molar-refractivity contribution >= 4 is 23.2 Å². The molecule has 0 radical (unpaired) electrons. The maximum atomic E-state index is 12.7. The lowest BCUT2D eigenvalue weighted by Gasteiger charge is -2.20. The lowest BCUT2D eigenvalue weighted by atomic mass is 10.1. The van der Waals surface area contributed by atoms with Gasteiger partial charge in [0.2, 0.25) is 11.9 Å². The summed E-state index contributed by atoms with van der Waals surface area (Å²) in [5.74, 6) is 0.281. The fourth-order valence-electron chi connectivity index (χ4n) is 4.14. The van der Waals surface area contributed by atoms with Crippen molar-refractivity contribution < 1.29 is 9.90 Å². The molecule has 5 N–H and O–H groups in total. The lowest BCUT2D eigenvalue weighted by molar-refractivity contribution is -0.124. The summed E-state index contributed by atoms with van der Waals surface area (Å²) in [7, 11) is 2.02. The number of aliphatic hydroxyl groups excluding tert-OH is 1. The summed E-state index contributed by atoms with van der Waals surface area (Å²) in [6.45, 7) is 6.23. The minimum Gasteiger partial charge on any atom is -0.394 e. The fourth-order valence-corrected chi connectivity index (χ4v) is 4.14. The Labute approximate surface area is 212 Å². The molecule has 0 saturated heterocycles. The molecule has 0 spiro atoms. The van der Waals surface area contributed by atoms with Gasteiger partial charge in [0.1, 0.15) is 6.04 Å². The highest BCUT2D eigenvalue weighted by atomic mass is 16.3. The number of carbonyl (C=O) groups is 1. The molecule has 3 heterocycles. The lowest BCUT2D eigenvalue weighted by Crippen LogP contribution is -2.47. The molecule has 0 unspecified atom stereocenters. The van der Waals surface area contributed by atoms with E-state index in [1.54, 1.807) is 6.20 Å². The van der Waals surface area contributed by atoms with Crippen molar-refractivity contribution in [2.45, 2.75) is 39.0 Å². The number of hydrogen-bond acceptors (Lipinski definition) is 8. The molecule has 2 aliphatic heterocycles. The van der Waals surface area contributed by atoms with Crippen LogP contribution in [0.2, 0.25) is 0 Å². The van der Waals surface area contributed by atoms with Crippen LogP contribution in [0.5, 0.6) is 0 Å². The molecule has 2 aromatic carbocycles. The molecule has 190 valence electrons. The van der Waals surface area contributed by atoms with Crippen LogP contribution in [0, 0.1) is 0 Å². The Balaban J connectivity index is 1.67. The second kappa shape index (κ2) is 11.9. The van der Waals surface area contributed by atoms with E-state index in [0.717, 1.165) is 34.7 Å². The van der Waals surface area contributed by atoms with Gasteiger partial charge < -0.3 is 26.0 Å². The smallest absolute Gasteiger partial charge is 0.239 e. The molecule has 1 amide bonds. The Hall–Kier alpha value is -3.53. The average Bonchev–Trinajstić information content (AvgIpc) is 2.84. The summed E-state index contributed by atoms with van der Waals surface area (Å²) < 4.78 is 0. The van der Waals surface area contributed by atoms with E-state index in [-0.39, 0.29) is 18.6 Å². The third kappa shape index (κ3) is 7.00. The molecule has 2 aliphatic rings. The third-order valence-corrected chi connectivity index (χ3v) is 5.91. The van der Waals surface area contributed by atoms with Gasteiger partial charge in [-0.15, -0.1) is 0 Å². The van der Waals surface area contributed by atoms with E-state index >= 15 is 0 Å². The molecule has 1 aromatic heterocycles. The van der Waals surface area contributed by atoms with Crippen molar-refractivity contribution in [1.82, 2.24) is 25.5 Å². The Kier molecular flexibility index (Phi) is 8.48. The quantitative estimate of drug-likeness (QED) is 0.357. The van der Waals surface area contributed by atoms with Crippen molar-refractivity contribution in [2.75, 3.05) is 37.4 Å². The standard InChI is InChI=1S/C27H35N7O2/c1-18(2)31-22-12-20-13-23(14-22)32-27-29-9-8-24(33-27)21-6-4-19(5-7-21)16-34(3)11-10-28-26(36)25(17-35)30-15-20/h4-9,12-14,18,25,30-31,35H,10-11,15-17H2,1-3H3,(H,28,36)(H,29,32,33)/t25-/m0/s1. The maximum Gasteiger partial charge on any atom is 0.239 e. The second-order valence-corrected chi connectivity index (χ2v) is 9.45. The van der Waals surface area contributed by atoms with Gasteiger partial charge in [-0.05, 0) is 56.3 Å². The van der Waals surface area contributed by atoms with Crippen LogP contribution < -0.4 is 21.3 Å². The van der Waals surface area contributed by atoms with Crippen LogP contribution in [-0.4, -0.2) is 64.7 Å². The highest BCUT2D eigenvalue weighted by Gasteiger charge is 2.17. The number of hydrogen-bond donors (Lipinski definition) is 5. The molecule has 0 fully saturated rings. The Bertz CT molecular complexity index is 1170. The first-order valence-electron chi connectivity index (χ1n) is 12.3. The molecule has 9 heteroatoms. The summed E-state index contributed by atoms with van der Waals surface area (Å²) in [4.78, 5) is 24.0. The number of anilines is 3. The van der Waals surface area contributed by atoms with Crippen molar-refractivity contribution in [2.24, 2.45) is 0 Å². The average molecular weight is 490 g/mol. The predicted molar refractivity (Wildman–Crippen MR) is 143 cm³/mol. The number of amides is 1. The van der Waals surface area contributed by atoms with Gasteiger partial charge in [-0.3, -0.25) is 10.1 Å². The summed E-state index contributed by atoms with van der Waals surface area (Å²) in [5, 5.41) is 22.7. The molecule has 1 atom stereocenters. The Morgan fingerprint density at radius 2 is 1.94 bits per heavy atom. The topological polar surface area (TPSA) is 114 Å². The van der Waals surface area contributed by atoms with E-state index in [9.17, 15) is 9.90 Å². The number of fused-ring (bicyclic) bond motifs is 10. The van der Waals surface area contributed by atoms with E-state index in [1.807, 2.05) is 31.3 Å². The van der Waals surface area contributed by atoms with E-state index in [2.05, 4.69) is 69.3 Å². The SMILES string of the molecule is CC(C)Nc1cc2cc(c1)Nc1nccc(n1)-c1ccc(cc1)CN(C)CCNC(=O)[C@H](CO)NC2. The van der Waals surface area contributed by atoms with Crippen LogP contribution in [0.3, 0.4) is 0 Å². The molecule has 0 aliphatic carbocycles. The number of aliphatic hydroxyl groups is 1. The van der Waals surface area contributed by atoms with Gasteiger partial charge in [0.15, 0.2) is 0 Å². The fraction of sp³-hybridized carbons (Fsp3) is 0.370.